The molecule has 0 saturated heterocycles. The predicted molar refractivity (Wildman–Crippen MR) is 95.5 cm³/mol. The second kappa shape index (κ2) is 6.82. The van der Waals surface area contributed by atoms with Crippen LogP contribution in [0.1, 0.15) is 15.9 Å². The Morgan fingerprint density at radius 2 is 1.74 bits per heavy atom. The molecule has 0 aliphatic heterocycles. The summed E-state index contributed by atoms with van der Waals surface area (Å²) in [6.07, 6.45) is 1.62. The quantitative estimate of drug-likeness (QED) is 0.533. The Hall–Kier alpha value is -2.36. The van der Waals surface area contributed by atoms with Crippen molar-refractivity contribution in [2.75, 3.05) is 0 Å². The molecule has 3 rings (SSSR count). The summed E-state index contributed by atoms with van der Waals surface area (Å²) in [5.41, 5.74) is 3.81. The molecule has 1 amide bonds. The zero-order chi connectivity index (χ0) is 16.2. The van der Waals surface area contributed by atoms with Crippen LogP contribution in [0.2, 0.25) is 10.0 Å². The van der Waals surface area contributed by atoms with Crippen LogP contribution in [-0.4, -0.2) is 12.1 Å². The topological polar surface area (TPSA) is 41.5 Å². The average molecular weight is 343 g/mol. The van der Waals surface area contributed by atoms with E-state index in [-0.39, 0.29) is 5.91 Å². The van der Waals surface area contributed by atoms with Gasteiger partial charge in [-0.05, 0) is 29.0 Å². The van der Waals surface area contributed by atoms with Gasteiger partial charge in [-0.3, -0.25) is 4.79 Å². The van der Waals surface area contributed by atoms with Crippen LogP contribution in [0.5, 0.6) is 0 Å². The highest BCUT2D eigenvalue weighted by Gasteiger charge is 2.07. The van der Waals surface area contributed by atoms with Gasteiger partial charge in [-0.2, -0.15) is 5.10 Å². The summed E-state index contributed by atoms with van der Waals surface area (Å²) in [6, 6.07) is 18.6. The fourth-order valence-corrected chi connectivity index (χ4v) is 2.52. The van der Waals surface area contributed by atoms with Crippen molar-refractivity contribution < 1.29 is 4.79 Å². The first-order valence-corrected chi connectivity index (χ1v) is 7.67. The maximum atomic E-state index is 12.0. The fraction of sp³-hybridized carbons (Fsp3) is 0. The van der Waals surface area contributed by atoms with Crippen LogP contribution in [0.3, 0.4) is 0 Å². The molecule has 3 aromatic rings. The van der Waals surface area contributed by atoms with Crippen LogP contribution >= 0.6 is 23.2 Å². The van der Waals surface area contributed by atoms with E-state index in [2.05, 4.69) is 10.5 Å². The first-order valence-electron chi connectivity index (χ1n) is 6.91. The van der Waals surface area contributed by atoms with Crippen molar-refractivity contribution in [2.24, 2.45) is 5.10 Å². The number of halogens is 2. The van der Waals surface area contributed by atoms with Gasteiger partial charge in [0.2, 0.25) is 0 Å². The van der Waals surface area contributed by atoms with E-state index in [1.165, 1.54) is 6.07 Å². The van der Waals surface area contributed by atoms with Crippen molar-refractivity contribution >= 4 is 46.1 Å². The Morgan fingerprint density at radius 1 is 0.957 bits per heavy atom. The summed E-state index contributed by atoms with van der Waals surface area (Å²) in [5.74, 6) is -0.347. The predicted octanol–water partition coefficient (Wildman–Crippen LogP) is 4.91. The van der Waals surface area contributed by atoms with Crippen molar-refractivity contribution in [1.29, 1.82) is 0 Å². The third kappa shape index (κ3) is 3.52. The summed E-state index contributed by atoms with van der Waals surface area (Å²) in [5, 5.41) is 6.95. The molecule has 0 heterocycles. The van der Waals surface area contributed by atoms with Crippen LogP contribution in [-0.2, 0) is 0 Å². The number of fused-ring (bicyclic) bond motifs is 1. The van der Waals surface area contributed by atoms with Gasteiger partial charge in [0, 0.05) is 11.1 Å². The van der Waals surface area contributed by atoms with Gasteiger partial charge in [0.1, 0.15) is 0 Å². The molecule has 3 aromatic carbocycles. The maximum Gasteiger partial charge on any atom is 0.271 e. The van der Waals surface area contributed by atoms with E-state index in [0.29, 0.717) is 15.6 Å². The third-order valence-corrected chi connectivity index (χ3v) is 4.11. The number of hydrogen-bond acceptors (Lipinski definition) is 2. The zero-order valence-electron chi connectivity index (χ0n) is 12.0. The molecule has 0 unspecified atom stereocenters. The van der Waals surface area contributed by atoms with Gasteiger partial charge in [-0.1, -0.05) is 65.7 Å². The molecule has 0 radical (unpaired) electrons. The molecule has 5 heteroatoms. The summed E-state index contributed by atoms with van der Waals surface area (Å²) in [7, 11) is 0. The number of nitrogens with zero attached hydrogens (tertiary/aromatic N) is 1. The number of nitrogens with one attached hydrogen (secondary N) is 1. The molecule has 3 nitrogen and oxygen atoms in total. The third-order valence-electron chi connectivity index (χ3n) is 3.37. The lowest BCUT2D eigenvalue weighted by Crippen LogP contribution is -2.17. The Labute approximate surface area is 143 Å². The van der Waals surface area contributed by atoms with Crippen LogP contribution in [0, 0.1) is 0 Å². The minimum atomic E-state index is -0.347. The highest BCUT2D eigenvalue weighted by molar-refractivity contribution is 6.42. The van der Waals surface area contributed by atoms with E-state index in [0.717, 1.165) is 16.3 Å². The van der Waals surface area contributed by atoms with Gasteiger partial charge in [-0.25, -0.2) is 5.43 Å². The van der Waals surface area contributed by atoms with Gasteiger partial charge in [0.05, 0.1) is 16.3 Å². The van der Waals surface area contributed by atoms with E-state index in [9.17, 15) is 4.79 Å². The van der Waals surface area contributed by atoms with Gasteiger partial charge >= 0.3 is 0 Å². The number of benzene rings is 3. The number of hydrazone groups is 1. The molecule has 0 aliphatic rings. The van der Waals surface area contributed by atoms with Gasteiger partial charge in [0.25, 0.3) is 5.91 Å². The van der Waals surface area contributed by atoms with Crippen LogP contribution in [0.4, 0.5) is 0 Å². The summed E-state index contributed by atoms with van der Waals surface area (Å²) >= 11 is 11.7. The molecule has 23 heavy (non-hydrogen) atoms. The summed E-state index contributed by atoms with van der Waals surface area (Å²) < 4.78 is 0. The Kier molecular flexibility index (Phi) is 4.60. The molecule has 1 N–H and O–H groups in total. The van der Waals surface area contributed by atoms with Crippen molar-refractivity contribution in [3.63, 3.8) is 0 Å². The molecule has 0 spiro atoms. The van der Waals surface area contributed by atoms with Crippen LogP contribution in [0.25, 0.3) is 10.8 Å². The Balaban J connectivity index is 1.77. The molecule has 114 valence electrons. The number of carbonyl (C=O) groups is 1. The van der Waals surface area contributed by atoms with E-state index in [1.807, 2.05) is 42.5 Å². The van der Waals surface area contributed by atoms with Gasteiger partial charge in [0.15, 0.2) is 0 Å². The lowest BCUT2D eigenvalue weighted by Gasteiger charge is -2.03. The largest absolute Gasteiger partial charge is 0.271 e. The fourth-order valence-electron chi connectivity index (χ4n) is 2.23. The first kappa shape index (κ1) is 15.5. The molecule has 0 bridgehead atoms. The van der Waals surface area contributed by atoms with Gasteiger partial charge in [-0.15, -0.1) is 0 Å². The number of carbonyl (C=O) groups excluding carboxylic acids is 1. The highest BCUT2D eigenvalue weighted by atomic mass is 35.5. The smallest absolute Gasteiger partial charge is 0.267 e. The normalized spacial score (nSPS) is 11.0. The molecular formula is C18H12Cl2N2O. The number of amides is 1. The van der Waals surface area contributed by atoms with E-state index >= 15 is 0 Å². The van der Waals surface area contributed by atoms with E-state index < -0.39 is 0 Å². The number of rotatable bonds is 3. The monoisotopic (exact) mass is 342 g/mol. The van der Waals surface area contributed by atoms with E-state index in [1.54, 1.807) is 18.3 Å². The van der Waals surface area contributed by atoms with Crippen molar-refractivity contribution in [1.82, 2.24) is 5.43 Å². The lowest BCUT2D eigenvalue weighted by atomic mass is 10.1. The molecule has 0 aromatic heterocycles. The number of hydrogen-bond donors (Lipinski definition) is 1. The summed E-state index contributed by atoms with van der Waals surface area (Å²) in [4.78, 5) is 12.0. The minimum Gasteiger partial charge on any atom is -0.267 e. The molecular weight excluding hydrogens is 331 g/mol. The van der Waals surface area contributed by atoms with Crippen molar-refractivity contribution in [3.8, 4) is 0 Å². The molecule has 0 saturated carbocycles. The van der Waals surface area contributed by atoms with Crippen molar-refractivity contribution in [3.05, 3.63) is 81.8 Å². The molecule has 0 fully saturated rings. The summed E-state index contributed by atoms with van der Waals surface area (Å²) in [6.45, 7) is 0. The Morgan fingerprint density at radius 3 is 2.57 bits per heavy atom. The maximum absolute atomic E-state index is 12.0. The highest BCUT2D eigenvalue weighted by Crippen LogP contribution is 2.22. The minimum absolute atomic E-state index is 0.331. The lowest BCUT2D eigenvalue weighted by molar-refractivity contribution is 0.0955. The van der Waals surface area contributed by atoms with Gasteiger partial charge < -0.3 is 0 Å². The average Bonchev–Trinajstić information content (AvgIpc) is 2.57. The second-order valence-corrected chi connectivity index (χ2v) is 5.71. The standard InChI is InChI=1S/C18H12Cl2N2O/c19-16-9-8-13(10-17(16)20)18(23)22-21-11-14-6-3-5-12-4-1-2-7-15(12)14/h1-11H,(H,22,23)/b21-11-. The van der Waals surface area contributed by atoms with Crippen LogP contribution < -0.4 is 5.43 Å². The zero-order valence-corrected chi connectivity index (χ0v) is 13.5. The van der Waals surface area contributed by atoms with Crippen LogP contribution in [0.15, 0.2) is 65.8 Å². The Bertz CT molecular complexity index is 901. The molecule has 0 aliphatic carbocycles. The molecule has 0 atom stereocenters. The second-order valence-electron chi connectivity index (χ2n) is 4.90. The SMILES string of the molecule is O=C(N/N=C\c1cccc2ccccc12)c1ccc(Cl)c(Cl)c1. The first-order chi connectivity index (χ1) is 11.1. The van der Waals surface area contributed by atoms with E-state index in [4.69, 9.17) is 23.2 Å². The van der Waals surface area contributed by atoms with Crippen molar-refractivity contribution in [2.45, 2.75) is 0 Å².